The van der Waals surface area contributed by atoms with Crippen LogP contribution in [0.2, 0.25) is 0 Å². The highest BCUT2D eigenvalue weighted by atomic mass is 32.1. The Morgan fingerprint density at radius 2 is 2.00 bits per heavy atom. The number of ether oxygens (including phenoxy) is 1. The number of amides is 1. The fourth-order valence-electron chi connectivity index (χ4n) is 3.10. The van der Waals surface area contributed by atoms with Crippen molar-refractivity contribution in [2.24, 2.45) is 0 Å². The van der Waals surface area contributed by atoms with E-state index in [4.69, 9.17) is 4.74 Å². The van der Waals surface area contributed by atoms with Gasteiger partial charge in [0.1, 0.15) is 11.4 Å². The van der Waals surface area contributed by atoms with Crippen LogP contribution in [0.4, 0.5) is 10.8 Å². The van der Waals surface area contributed by atoms with E-state index in [9.17, 15) is 4.79 Å². The highest BCUT2D eigenvalue weighted by molar-refractivity contribution is 7.14. The molecule has 0 saturated heterocycles. The Hall–Kier alpha value is -3.32. The number of carbonyl (C=O) groups excluding carboxylic acids is 1. The van der Waals surface area contributed by atoms with Crippen LogP contribution in [-0.4, -0.2) is 29.0 Å². The monoisotopic (exact) mass is 406 g/mol. The number of nitrogens with one attached hydrogen (secondary N) is 3. The summed E-state index contributed by atoms with van der Waals surface area (Å²) in [6.07, 6.45) is 2.76. The number of thiazole rings is 1. The van der Waals surface area contributed by atoms with E-state index in [-0.39, 0.29) is 5.91 Å². The lowest BCUT2D eigenvalue weighted by Gasteiger charge is -2.05. The Bertz CT molecular complexity index is 1100. The molecular formula is C22H22N4O2S. The number of H-pyrrole nitrogens is 1. The third kappa shape index (κ3) is 4.57. The third-order valence-corrected chi connectivity index (χ3v) is 5.27. The summed E-state index contributed by atoms with van der Waals surface area (Å²) in [6, 6.07) is 15.8. The molecule has 2 aromatic heterocycles. The van der Waals surface area contributed by atoms with Crippen molar-refractivity contribution >= 4 is 39.0 Å². The maximum absolute atomic E-state index is 12.4. The second-order valence-electron chi connectivity index (χ2n) is 6.49. The van der Waals surface area contributed by atoms with Gasteiger partial charge in [-0.2, -0.15) is 0 Å². The highest BCUT2D eigenvalue weighted by Crippen LogP contribution is 2.23. The molecule has 0 aliphatic carbocycles. The van der Waals surface area contributed by atoms with Crippen LogP contribution in [0.1, 0.15) is 23.0 Å². The SMILES string of the molecule is CCOc1ccc(Nc2nc(C(=O)NCCc3c[nH]c4ccccc34)cs2)cc1. The fraction of sp³-hybridized carbons (Fsp3) is 0.182. The van der Waals surface area contributed by atoms with Crippen molar-refractivity contribution in [1.29, 1.82) is 0 Å². The van der Waals surface area contributed by atoms with Gasteiger partial charge in [0, 0.05) is 34.7 Å². The van der Waals surface area contributed by atoms with Gasteiger partial charge in [0.05, 0.1) is 6.61 Å². The van der Waals surface area contributed by atoms with Gasteiger partial charge in [0.25, 0.3) is 5.91 Å². The predicted octanol–water partition coefficient (Wildman–Crippen LogP) is 4.74. The van der Waals surface area contributed by atoms with E-state index in [1.54, 1.807) is 5.38 Å². The van der Waals surface area contributed by atoms with Gasteiger partial charge in [-0.1, -0.05) is 18.2 Å². The lowest BCUT2D eigenvalue weighted by molar-refractivity contribution is 0.0950. The quantitative estimate of drug-likeness (QED) is 0.395. The molecule has 0 fully saturated rings. The van der Waals surface area contributed by atoms with Gasteiger partial charge >= 0.3 is 0 Å². The number of benzene rings is 2. The van der Waals surface area contributed by atoms with Crippen LogP contribution in [0.3, 0.4) is 0 Å². The number of nitrogens with zero attached hydrogens (tertiary/aromatic N) is 1. The Labute approximate surface area is 172 Å². The molecule has 0 atom stereocenters. The van der Waals surface area contributed by atoms with Crippen molar-refractivity contribution in [1.82, 2.24) is 15.3 Å². The van der Waals surface area contributed by atoms with Crippen molar-refractivity contribution in [3.05, 3.63) is 71.4 Å². The standard InChI is InChI=1S/C22H22N4O2S/c1-2-28-17-9-7-16(8-10-17)25-22-26-20(14-29-22)21(27)23-12-11-15-13-24-19-6-4-3-5-18(15)19/h3-10,13-14,24H,2,11-12H2,1H3,(H,23,27)(H,25,26). The number of aromatic nitrogens is 2. The molecule has 0 radical (unpaired) electrons. The molecule has 0 spiro atoms. The summed E-state index contributed by atoms with van der Waals surface area (Å²) in [5.74, 6) is 0.660. The largest absolute Gasteiger partial charge is 0.494 e. The molecule has 6 nitrogen and oxygen atoms in total. The van der Waals surface area contributed by atoms with Gasteiger partial charge in [-0.25, -0.2) is 4.98 Å². The maximum atomic E-state index is 12.4. The molecule has 0 aliphatic rings. The minimum absolute atomic E-state index is 0.166. The van der Waals surface area contributed by atoms with Crippen LogP contribution in [0.25, 0.3) is 10.9 Å². The molecule has 3 N–H and O–H groups in total. The second-order valence-corrected chi connectivity index (χ2v) is 7.34. The van der Waals surface area contributed by atoms with Gasteiger partial charge in [-0.3, -0.25) is 4.79 Å². The van der Waals surface area contributed by atoms with E-state index in [0.717, 1.165) is 23.4 Å². The summed E-state index contributed by atoms with van der Waals surface area (Å²) in [4.78, 5) is 20.0. The third-order valence-electron chi connectivity index (χ3n) is 4.51. The molecule has 4 rings (SSSR count). The molecule has 4 aromatic rings. The number of hydrogen-bond acceptors (Lipinski definition) is 5. The van der Waals surface area contributed by atoms with Crippen LogP contribution in [0.15, 0.2) is 60.1 Å². The zero-order chi connectivity index (χ0) is 20.1. The summed E-state index contributed by atoms with van der Waals surface area (Å²) in [5.41, 5.74) is 3.62. The normalized spacial score (nSPS) is 10.8. The summed E-state index contributed by atoms with van der Waals surface area (Å²) in [5, 5.41) is 9.79. The molecule has 2 heterocycles. The molecule has 148 valence electrons. The lowest BCUT2D eigenvalue weighted by atomic mass is 10.1. The minimum atomic E-state index is -0.166. The van der Waals surface area contributed by atoms with Crippen molar-refractivity contribution in [2.75, 3.05) is 18.5 Å². The Balaban J connectivity index is 1.31. The lowest BCUT2D eigenvalue weighted by Crippen LogP contribution is -2.25. The average molecular weight is 407 g/mol. The average Bonchev–Trinajstić information content (AvgIpc) is 3.37. The van der Waals surface area contributed by atoms with E-state index in [1.165, 1.54) is 22.3 Å². The number of aromatic amines is 1. The van der Waals surface area contributed by atoms with Crippen molar-refractivity contribution in [3.63, 3.8) is 0 Å². The van der Waals surface area contributed by atoms with Crippen molar-refractivity contribution < 1.29 is 9.53 Å². The minimum Gasteiger partial charge on any atom is -0.494 e. The molecular weight excluding hydrogens is 384 g/mol. The van der Waals surface area contributed by atoms with Crippen molar-refractivity contribution in [2.45, 2.75) is 13.3 Å². The first-order valence-electron chi connectivity index (χ1n) is 9.51. The van der Waals surface area contributed by atoms with E-state index in [1.807, 2.05) is 55.6 Å². The van der Waals surface area contributed by atoms with Crippen LogP contribution in [-0.2, 0) is 6.42 Å². The molecule has 0 bridgehead atoms. The fourth-order valence-corrected chi connectivity index (χ4v) is 3.81. The number of carbonyl (C=O) groups is 1. The predicted molar refractivity (Wildman–Crippen MR) is 117 cm³/mol. The topological polar surface area (TPSA) is 79.0 Å². The Morgan fingerprint density at radius 3 is 2.83 bits per heavy atom. The van der Waals surface area contributed by atoms with E-state index < -0.39 is 0 Å². The summed E-state index contributed by atoms with van der Waals surface area (Å²) >= 11 is 1.40. The van der Waals surface area contributed by atoms with Crippen LogP contribution in [0, 0.1) is 0 Å². The van der Waals surface area contributed by atoms with E-state index in [2.05, 4.69) is 26.7 Å². The van der Waals surface area contributed by atoms with E-state index >= 15 is 0 Å². The van der Waals surface area contributed by atoms with Gasteiger partial charge in [-0.15, -0.1) is 11.3 Å². The van der Waals surface area contributed by atoms with Crippen molar-refractivity contribution in [3.8, 4) is 5.75 Å². The molecule has 7 heteroatoms. The molecule has 0 saturated carbocycles. The summed E-state index contributed by atoms with van der Waals surface area (Å²) in [7, 11) is 0. The number of para-hydroxylation sites is 1. The first-order valence-corrected chi connectivity index (χ1v) is 10.4. The molecule has 0 unspecified atom stereocenters. The van der Waals surface area contributed by atoms with E-state index in [0.29, 0.717) is 24.0 Å². The summed E-state index contributed by atoms with van der Waals surface area (Å²) in [6.45, 7) is 3.15. The molecule has 29 heavy (non-hydrogen) atoms. The summed E-state index contributed by atoms with van der Waals surface area (Å²) < 4.78 is 5.44. The number of anilines is 2. The smallest absolute Gasteiger partial charge is 0.270 e. The maximum Gasteiger partial charge on any atom is 0.270 e. The van der Waals surface area contributed by atoms with Crippen LogP contribution < -0.4 is 15.4 Å². The first kappa shape index (κ1) is 19.0. The molecule has 2 aromatic carbocycles. The van der Waals surface area contributed by atoms with Crippen LogP contribution in [0.5, 0.6) is 5.75 Å². The first-order chi connectivity index (χ1) is 14.2. The Kier molecular flexibility index (Phi) is 5.76. The number of hydrogen-bond donors (Lipinski definition) is 3. The van der Waals surface area contributed by atoms with Gasteiger partial charge < -0.3 is 20.4 Å². The van der Waals surface area contributed by atoms with Gasteiger partial charge in [0.15, 0.2) is 5.13 Å². The van der Waals surface area contributed by atoms with Crippen LogP contribution >= 0.6 is 11.3 Å². The zero-order valence-corrected chi connectivity index (χ0v) is 16.9. The highest BCUT2D eigenvalue weighted by Gasteiger charge is 2.11. The van der Waals surface area contributed by atoms with Gasteiger partial charge in [0.2, 0.25) is 0 Å². The zero-order valence-electron chi connectivity index (χ0n) is 16.1. The second kappa shape index (κ2) is 8.79. The Morgan fingerprint density at radius 1 is 1.17 bits per heavy atom. The molecule has 1 amide bonds. The van der Waals surface area contributed by atoms with Gasteiger partial charge in [-0.05, 0) is 49.2 Å². The number of fused-ring (bicyclic) bond motifs is 1. The molecule has 0 aliphatic heterocycles. The number of rotatable bonds is 8.